The van der Waals surface area contributed by atoms with Gasteiger partial charge >= 0.3 is 0 Å². The summed E-state index contributed by atoms with van der Waals surface area (Å²) in [5, 5.41) is 3.55. The minimum Gasteiger partial charge on any atom is -0.496 e. The Morgan fingerprint density at radius 1 is 1.17 bits per heavy atom. The van der Waals surface area contributed by atoms with E-state index >= 15 is 0 Å². The van der Waals surface area contributed by atoms with E-state index in [-0.39, 0.29) is 5.41 Å². The van der Waals surface area contributed by atoms with Gasteiger partial charge < -0.3 is 10.1 Å². The third-order valence-electron chi connectivity index (χ3n) is 4.20. The summed E-state index contributed by atoms with van der Waals surface area (Å²) in [4.78, 5) is 0. The van der Waals surface area contributed by atoms with E-state index in [2.05, 4.69) is 36.5 Å². The van der Waals surface area contributed by atoms with E-state index in [1.807, 2.05) is 0 Å². The van der Waals surface area contributed by atoms with Crippen molar-refractivity contribution in [2.24, 2.45) is 0 Å². The number of hydrogen-bond acceptors (Lipinski definition) is 2. The number of nitrogens with one attached hydrogen (secondary N) is 1. The standard InChI is InChI=1S/C16H25NO/c1-3-17-13-16(11-7-4-8-12-16)14-9-5-6-10-15(14)18-2/h5-6,9-10,17H,3-4,7-8,11-13H2,1-2H3. The summed E-state index contributed by atoms with van der Waals surface area (Å²) in [6.07, 6.45) is 6.61. The van der Waals surface area contributed by atoms with Gasteiger partial charge in [0.15, 0.2) is 0 Å². The van der Waals surface area contributed by atoms with Gasteiger partial charge in [-0.2, -0.15) is 0 Å². The molecule has 100 valence electrons. The van der Waals surface area contributed by atoms with E-state index in [0.29, 0.717) is 0 Å². The molecule has 18 heavy (non-hydrogen) atoms. The third-order valence-corrected chi connectivity index (χ3v) is 4.20. The highest BCUT2D eigenvalue weighted by Crippen LogP contribution is 2.42. The van der Waals surface area contributed by atoms with Crippen LogP contribution >= 0.6 is 0 Å². The summed E-state index contributed by atoms with van der Waals surface area (Å²) < 4.78 is 5.58. The van der Waals surface area contributed by atoms with Gasteiger partial charge in [-0.25, -0.2) is 0 Å². The Bertz CT molecular complexity index is 369. The van der Waals surface area contributed by atoms with Crippen molar-refractivity contribution in [3.63, 3.8) is 0 Å². The second-order valence-electron chi connectivity index (χ2n) is 5.32. The van der Waals surface area contributed by atoms with Gasteiger partial charge in [-0.05, 0) is 25.5 Å². The lowest BCUT2D eigenvalue weighted by Gasteiger charge is -2.39. The average Bonchev–Trinajstić information content (AvgIpc) is 2.46. The normalized spacial score (nSPS) is 18.6. The molecule has 2 nitrogen and oxygen atoms in total. The van der Waals surface area contributed by atoms with Crippen molar-refractivity contribution in [3.8, 4) is 5.75 Å². The maximum Gasteiger partial charge on any atom is 0.122 e. The minimum absolute atomic E-state index is 0.279. The Balaban J connectivity index is 2.32. The number of rotatable bonds is 5. The van der Waals surface area contributed by atoms with Crippen LogP contribution in [0.3, 0.4) is 0 Å². The van der Waals surface area contributed by atoms with Crippen molar-refractivity contribution in [1.82, 2.24) is 5.32 Å². The Labute approximate surface area is 111 Å². The van der Waals surface area contributed by atoms with Crippen molar-refractivity contribution >= 4 is 0 Å². The monoisotopic (exact) mass is 247 g/mol. The van der Waals surface area contributed by atoms with Crippen LogP contribution in [0.25, 0.3) is 0 Å². The Hall–Kier alpha value is -1.02. The highest BCUT2D eigenvalue weighted by Gasteiger charge is 2.35. The van der Waals surface area contributed by atoms with Gasteiger partial charge in [-0.3, -0.25) is 0 Å². The summed E-state index contributed by atoms with van der Waals surface area (Å²) in [5.74, 6) is 1.05. The first-order chi connectivity index (χ1) is 8.82. The van der Waals surface area contributed by atoms with Crippen LogP contribution in [0, 0.1) is 0 Å². The molecule has 1 saturated carbocycles. The SMILES string of the molecule is CCNCC1(c2ccccc2OC)CCCCC1. The molecule has 1 N–H and O–H groups in total. The predicted molar refractivity (Wildman–Crippen MR) is 76.3 cm³/mol. The van der Waals surface area contributed by atoms with Crippen molar-refractivity contribution in [1.29, 1.82) is 0 Å². The lowest BCUT2D eigenvalue weighted by atomic mass is 9.69. The largest absolute Gasteiger partial charge is 0.496 e. The van der Waals surface area contributed by atoms with Crippen LogP contribution in [0.5, 0.6) is 5.75 Å². The van der Waals surface area contributed by atoms with Crippen molar-refractivity contribution in [3.05, 3.63) is 29.8 Å². The van der Waals surface area contributed by atoms with Crippen LogP contribution < -0.4 is 10.1 Å². The fourth-order valence-electron chi connectivity index (χ4n) is 3.22. The van der Waals surface area contributed by atoms with Gasteiger partial charge in [0.25, 0.3) is 0 Å². The zero-order valence-electron chi connectivity index (χ0n) is 11.7. The Kier molecular flexibility index (Phi) is 4.65. The van der Waals surface area contributed by atoms with E-state index in [1.54, 1.807) is 7.11 Å². The van der Waals surface area contributed by atoms with Crippen molar-refractivity contribution < 1.29 is 4.74 Å². The summed E-state index contributed by atoms with van der Waals surface area (Å²) in [5.41, 5.74) is 1.68. The van der Waals surface area contributed by atoms with Crippen LogP contribution in [0.15, 0.2) is 24.3 Å². The smallest absolute Gasteiger partial charge is 0.122 e. The molecule has 0 bridgehead atoms. The topological polar surface area (TPSA) is 21.3 Å². The summed E-state index contributed by atoms with van der Waals surface area (Å²) in [7, 11) is 1.78. The van der Waals surface area contributed by atoms with E-state index in [0.717, 1.165) is 18.8 Å². The Morgan fingerprint density at radius 2 is 1.89 bits per heavy atom. The van der Waals surface area contributed by atoms with Gasteiger partial charge in [-0.1, -0.05) is 44.4 Å². The number of methoxy groups -OCH3 is 1. The van der Waals surface area contributed by atoms with E-state index in [9.17, 15) is 0 Å². The zero-order valence-corrected chi connectivity index (χ0v) is 11.7. The van der Waals surface area contributed by atoms with Crippen LogP contribution in [-0.2, 0) is 5.41 Å². The summed E-state index contributed by atoms with van der Waals surface area (Å²) >= 11 is 0. The number of likely N-dealkylation sites (N-methyl/N-ethyl adjacent to an activating group) is 1. The van der Waals surface area contributed by atoms with Crippen LogP contribution in [0.4, 0.5) is 0 Å². The maximum absolute atomic E-state index is 5.58. The minimum atomic E-state index is 0.279. The van der Waals surface area contributed by atoms with E-state index in [4.69, 9.17) is 4.74 Å². The van der Waals surface area contributed by atoms with Crippen LogP contribution in [0.2, 0.25) is 0 Å². The first-order valence-corrected chi connectivity index (χ1v) is 7.16. The van der Waals surface area contributed by atoms with Crippen LogP contribution in [-0.4, -0.2) is 20.2 Å². The lowest BCUT2D eigenvalue weighted by Crippen LogP contribution is -2.40. The summed E-state index contributed by atoms with van der Waals surface area (Å²) in [6.45, 7) is 4.29. The second-order valence-corrected chi connectivity index (χ2v) is 5.32. The molecular weight excluding hydrogens is 222 g/mol. The number of para-hydroxylation sites is 1. The molecule has 0 heterocycles. The summed E-state index contributed by atoms with van der Waals surface area (Å²) in [6, 6.07) is 8.55. The van der Waals surface area contributed by atoms with Gasteiger partial charge in [0.1, 0.15) is 5.75 Å². The van der Waals surface area contributed by atoms with Crippen molar-refractivity contribution in [2.45, 2.75) is 44.4 Å². The number of hydrogen-bond donors (Lipinski definition) is 1. The number of benzene rings is 1. The molecule has 1 aliphatic rings. The molecule has 1 aromatic carbocycles. The maximum atomic E-state index is 5.58. The molecule has 0 spiro atoms. The first kappa shape index (κ1) is 13.4. The molecule has 0 unspecified atom stereocenters. The molecule has 0 atom stereocenters. The predicted octanol–water partition coefficient (Wildman–Crippen LogP) is 3.51. The molecule has 1 aromatic rings. The number of ether oxygens (including phenoxy) is 1. The highest BCUT2D eigenvalue weighted by atomic mass is 16.5. The highest BCUT2D eigenvalue weighted by molar-refractivity contribution is 5.40. The fourth-order valence-corrected chi connectivity index (χ4v) is 3.22. The molecular formula is C16H25NO. The van der Waals surface area contributed by atoms with Crippen LogP contribution in [0.1, 0.15) is 44.6 Å². The molecule has 0 saturated heterocycles. The van der Waals surface area contributed by atoms with E-state index < -0.39 is 0 Å². The second kappa shape index (κ2) is 6.24. The molecule has 2 rings (SSSR count). The third kappa shape index (κ3) is 2.69. The van der Waals surface area contributed by atoms with Gasteiger partial charge in [-0.15, -0.1) is 0 Å². The van der Waals surface area contributed by atoms with Crippen molar-refractivity contribution in [2.75, 3.05) is 20.2 Å². The lowest BCUT2D eigenvalue weighted by molar-refractivity contribution is 0.271. The van der Waals surface area contributed by atoms with Gasteiger partial charge in [0.2, 0.25) is 0 Å². The molecule has 0 radical (unpaired) electrons. The first-order valence-electron chi connectivity index (χ1n) is 7.16. The fraction of sp³-hybridized carbons (Fsp3) is 0.625. The molecule has 1 aliphatic carbocycles. The Morgan fingerprint density at radius 3 is 2.56 bits per heavy atom. The molecule has 0 amide bonds. The van der Waals surface area contributed by atoms with Gasteiger partial charge in [0, 0.05) is 17.5 Å². The zero-order chi connectivity index (χ0) is 12.8. The molecule has 1 fully saturated rings. The average molecular weight is 247 g/mol. The molecule has 0 aliphatic heterocycles. The molecule has 2 heteroatoms. The quantitative estimate of drug-likeness (QED) is 0.859. The van der Waals surface area contributed by atoms with E-state index in [1.165, 1.54) is 37.7 Å². The molecule has 0 aromatic heterocycles. The van der Waals surface area contributed by atoms with Gasteiger partial charge in [0.05, 0.1) is 7.11 Å².